The van der Waals surface area contributed by atoms with E-state index in [-0.39, 0.29) is 17.1 Å². The minimum absolute atomic E-state index is 0.0577. The fourth-order valence-electron chi connectivity index (χ4n) is 3.63. The van der Waals surface area contributed by atoms with Crippen molar-refractivity contribution in [2.75, 3.05) is 0 Å². The Morgan fingerprint density at radius 1 is 0.963 bits per heavy atom. The van der Waals surface area contributed by atoms with Crippen LogP contribution in [0.15, 0.2) is 54.6 Å². The number of esters is 1. The molecule has 0 unspecified atom stereocenters. The van der Waals surface area contributed by atoms with Gasteiger partial charge in [-0.15, -0.1) is 0 Å². The lowest BCUT2D eigenvalue weighted by Gasteiger charge is -2.14. The lowest BCUT2D eigenvalue weighted by molar-refractivity contribution is 0.0316. The van der Waals surface area contributed by atoms with E-state index in [1.165, 1.54) is 17.2 Å². The first-order chi connectivity index (χ1) is 13.0. The largest absolute Gasteiger partial charge is 0.507 e. The van der Waals surface area contributed by atoms with Crippen LogP contribution in [0.2, 0.25) is 0 Å². The van der Waals surface area contributed by atoms with Crippen LogP contribution < -0.4 is 0 Å². The average Bonchev–Trinajstić information content (AvgIpc) is 3.14. The third-order valence-electron chi connectivity index (χ3n) is 5.12. The van der Waals surface area contributed by atoms with E-state index in [1.54, 1.807) is 19.1 Å². The van der Waals surface area contributed by atoms with Gasteiger partial charge >= 0.3 is 5.97 Å². The molecule has 4 nitrogen and oxygen atoms in total. The van der Waals surface area contributed by atoms with Crippen LogP contribution in [0.3, 0.4) is 0 Å². The van der Waals surface area contributed by atoms with Gasteiger partial charge in [-0.2, -0.15) is 0 Å². The van der Waals surface area contributed by atoms with Gasteiger partial charge in [-0.3, -0.25) is 4.79 Å². The van der Waals surface area contributed by atoms with E-state index in [0.29, 0.717) is 5.56 Å². The second-order valence-electron chi connectivity index (χ2n) is 6.97. The van der Waals surface area contributed by atoms with Crippen molar-refractivity contribution in [3.05, 3.63) is 76.9 Å². The van der Waals surface area contributed by atoms with Crippen molar-refractivity contribution in [3.8, 4) is 5.75 Å². The zero-order chi connectivity index (χ0) is 19.0. The summed E-state index contributed by atoms with van der Waals surface area (Å²) >= 11 is 0. The minimum Gasteiger partial charge on any atom is -0.507 e. The van der Waals surface area contributed by atoms with Crippen molar-refractivity contribution in [1.82, 2.24) is 0 Å². The van der Waals surface area contributed by atoms with Gasteiger partial charge in [-0.25, -0.2) is 4.79 Å². The van der Waals surface area contributed by atoms with Gasteiger partial charge in [0.15, 0.2) is 6.10 Å². The first-order valence-corrected chi connectivity index (χ1v) is 9.11. The average molecular weight is 360 g/mol. The smallest absolute Gasteiger partial charge is 0.342 e. The fourth-order valence-corrected chi connectivity index (χ4v) is 3.63. The summed E-state index contributed by atoms with van der Waals surface area (Å²) in [6.07, 6.45) is 2.21. The van der Waals surface area contributed by atoms with E-state index >= 15 is 0 Å². The standard InChI is InChI=1S/C23H20O4/c1-14(22(25)19-10-9-15-7-4-8-16(15)11-19)27-23(26)20-12-17-5-2-3-6-18(17)13-21(20)24/h2-3,5-6,9-14,24H,4,7-8H2,1H3/t14-/m0/s1. The Morgan fingerprint density at radius 2 is 1.67 bits per heavy atom. The molecule has 0 aromatic heterocycles. The summed E-state index contributed by atoms with van der Waals surface area (Å²) in [5.74, 6) is -1.10. The number of rotatable bonds is 4. The highest BCUT2D eigenvalue weighted by atomic mass is 16.5. The third kappa shape index (κ3) is 3.31. The van der Waals surface area contributed by atoms with Crippen LogP contribution in [0, 0.1) is 0 Å². The van der Waals surface area contributed by atoms with Crippen LogP contribution in [0.4, 0.5) is 0 Å². The van der Waals surface area contributed by atoms with Gasteiger partial charge in [0.05, 0.1) is 0 Å². The summed E-state index contributed by atoms with van der Waals surface area (Å²) in [5, 5.41) is 11.8. The number of carbonyl (C=O) groups excluding carboxylic acids is 2. The predicted molar refractivity (Wildman–Crippen MR) is 103 cm³/mol. The summed E-state index contributed by atoms with van der Waals surface area (Å²) in [4.78, 5) is 25.2. The Morgan fingerprint density at radius 3 is 2.44 bits per heavy atom. The molecule has 1 N–H and O–H groups in total. The molecule has 0 radical (unpaired) electrons. The van der Waals surface area contributed by atoms with Crippen molar-refractivity contribution in [2.45, 2.75) is 32.3 Å². The first kappa shape index (κ1) is 17.3. The maximum Gasteiger partial charge on any atom is 0.342 e. The fraction of sp³-hybridized carbons (Fsp3) is 0.217. The van der Waals surface area contributed by atoms with E-state index in [0.717, 1.165) is 30.0 Å². The monoisotopic (exact) mass is 360 g/mol. The molecule has 0 spiro atoms. The van der Waals surface area contributed by atoms with E-state index < -0.39 is 12.1 Å². The van der Waals surface area contributed by atoms with Gasteiger partial charge in [0.25, 0.3) is 0 Å². The molecule has 136 valence electrons. The summed E-state index contributed by atoms with van der Waals surface area (Å²) in [6.45, 7) is 1.56. The Kier molecular flexibility index (Phi) is 4.40. The number of benzene rings is 3. The molecular weight excluding hydrogens is 340 g/mol. The number of aromatic hydroxyl groups is 1. The highest BCUT2D eigenvalue weighted by Gasteiger charge is 2.23. The molecule has 4 rings (SSSR count). The molecule has 0 fully saturated rings. The second-order valence-corrected chi connectivity index (χ2v) is 6.97. The molecule has 1 atom stereocenters. The third-order valence-corrected chi connectivity index (χ3v) is 5.12. The molecule has 0 amide bonds. The van der Waals surface area contributed by atoms with Crippen molar-refractivity contribution >= 4 is 22.5 Å². The van der Waals surface area contributed by atoms with Crippen LogP contribution in [0.25, 0.3) is 10.8 Å². The minimum atomic E-state index is -0.928. The van der Waals surface area contributed by atoms with Crippen LogP contribution >= 0.6 is 0 Å². The number of phenolic OH excluding ortho intramolecular Hbond substituents is 1. The molecule has 0 saturated heterocycles. The molecule has 1 aliphatic rings. The number of ether oxygens (including phenoxy) is 1. The topological polar surface area (TPSA) is 63.6 Å². The quantitative estimate of drug-likeness (QED) is 0.551. The zero-order valence-electron chi connectivity index (χ0n) is 15.1. The Balaban J connectivity index is 1.54. The number of carbonyl (C=O) groups is 2. The van der Waals surface area contributed by atoms with Crippen LogP contribution in [0.1, 0.15) is 45.2 Å². The van der Waals surface area contributed by atoms with Crippen LogP contribution in [0.5, 0.6) is 5.75 Å². The SMILES string of the molecule is C[C@H](OC(=O)c1cc2ccccc2cc1O)C(=O)c1ccc2c(c1)CCC2. The van der Waals surface area contributed by atoms with Gasteiger partial charge in [-0.1, -0.05) is 36.4 Å². The number of fused-ring (bicyclic) bond motifs is 2. The lowest BCUT2D eigenvalue weighted by Crippen LogP contribution is -2.24. The Labute approximate surface area is 157 Å². The van der Waals surface area contributed by atoms with Gasteiger partial charge < -0.3 is 9.84 Å². The molecule has 0 heterocycles. The number of phenols is 1. The number of hydrogen-bond acceptors (Lipinski definition) is 4. The highest BCUT2D eigenvalue weighted by molar-refractivity contribution is 6.03. The summed E-state index contributed by atoms with van der Waals surface area (Å²) in [6, 6.07) is 16.2. The number of hydrogen-bond donors (Lipinski definition) is 1. The molecule has 0 saturated carbocycles. The van der Waals surface area contributed by atoms with E-state index in [2.05, 4.69) is 0 Å². The van der Waals surface area contributed by atoms with Crippen LogP contribution in [-0.4, -0.2) is 23.0 Å². The molecular formula is C23H20O4. The first-order valence-electron chi connectivity index (χ1n) is 9.11. The summed E-state index contributed by atoms with van der Waals surface area (Å²) < 4.78 is 5.35. The van der Waals surface area contributed by atoms with Crippen molar-refractivity contribution < 1.29 is 19.4 Å². The molecule has 3 aromatic carbocycles. The van der Waals surface area contributed by atoms with Gasteiger partial charge in [-0.05, 0) is 66.3 Å². The molecule has 4 heteroatoms. The van der Waals surface area contributed by atoms with Gasteiger partial charge in [0.2, 0.25) is 5.78 Å². The second kappa shape index (κ2) is 6.88. The number of ketones is 1. The molecule has 0 bridgehead atoms. The predicted octanol–water partition coefficient (Wildman–Crippen LogP) is 4.46. The maximum absolute atomic E-state index is 12.7. The molecule has 0 aliphatic heterocycles. The highest BCUT2D eigenvalue weighted by Crippen LogP contribution is 2.27. The summed E-state index contributed by atoms with van der Waals surface area (Å²) in [7, 11) is 0. The van der Waals surface area contributed by atoms with E-state index in [9.17, 15) is 14.7 Å². The van der Waals surface area contributed by atoms with Crippen molar-refractivity contribution in [3.63, 3.8) is 0 Å². The Hall–Kier alpha value is -3.14. The Bertz CT molecular complexity index is 1050. The van der Waals surface area contributed by atoms with E-state index in [1.807, 2.05) is 36.4 Å². The zero-order valence-corrected chi connectivity index (χ0v) is 15.1. The van der Waals surface area contributed by atoms with Gasteiger partial charge in [0, 0.05) is 5.56 Å². The maximum atomic E-state index is 12.7. The van der Waals surface area contributed by atoms with Crippen molar-refractivity contribution in [1.29, 1.82) is 0 Å². The summed E-state index contributed by atoms with van der Waals surface area (Å²) in [5.41, 5.74) is 3.10. The van der Waals surface area contributed by atoms with E-state index in [4.69, 9.17) is 4.74 Å². The number of aryl methyl sites for hydroxylation is 2. The van der Waals surface area contributed by atoms with Gasteiger partial charge in [0.1, 0.15) is 11.3 Å². The molecule has 1 aliphatic carbocycles. The van der Waals surface area contributed by atoms with Crippen LogP contribution in [-0.2, 0) is 17.6 Å². The lowest BCUT2D eigenvalue weighted by atomic mass is 10.0. The number of Topliss-reactive ketones (excluding diaryl/α,β-unsaturated/α-hetero) is 1. The normalized spacial score (nSPS) is 14.0. The van der Waals surface area contributed by atoms with Crippen molar-refractivity contribution in [2.24, 2.45) is 0 Å². The molecule has 27 heavy (non-hydrogen) atoms. The molecule has 3 aromatic rings.